The van der Waals surface area contributed by atoms with Gasteiger partial charge in [-0.15, -0.1) is 0 Å². The van der Waals surface area contributed by atoms with E-state index in [9.17, 15) is 19.1 Å². The van der Waals surface area contributed by atoms with E-state index in [0.29, 0.717) is 4.57 Å². The SMILES string of the molecule is CC(C)OC(=O)C(C)NP(=S)(OCC1(F)OC(n2ccc(N)nc2=O)C(F)C1O)Oc1ccccc1. The van der Waals surface area contributed by atoms with E-state index in [1.807, 2.05) is 0 Å². The van der Waals surface area contributed by atoms with Crippen molar-refractivity contribution in [2.24, 2.45) is 0 Å². The minimum Gasteiger partial charge on any atom is -0.462 e. The van der Waals surface area contributed by atoms with Crippen LogP contribution in [0.1, 0.15) is 27.0 Å². The smallest absolute Gasteiger partial charge is 0.351 e. The lowest BCUT2D eigenvalue weighted by Gasteiger charge is -2.30. The Kier molecular flexibility index (Phi) is 8.80. The predicted octanol–water partition coefficient (Wildman–Crippen LogP) is 1.97. The van der Waals surface area contributed by atoms with Gasteiger partial charge in [0.1, 0.15) is 24.2 Å². The zero-order valence-electron chi connectivity index (χ0n) is 19.6. The molecule has 36 heavy (non-hydrogen) atoms. The van der Waals surface area contributed by atoms with Crippen molar-refractivity contribution in [3.05, 3.63) is 53.1 Å². The summed E-state index contributed by atoms with van der Waals surface area (Å²) < 4.78 is 52.6. The number of benzene rings is 1. The van der Waals surface area contributed by atoms with Gasteiger partial charge in [0.25, 0.3) is 5.85 Å². The van der Waals surface area contributed by atoms with Gasteiger partial charge in [0, 0.05) is 6.20 Å². The third-order valence-corrected chi connectivity index (χ3v) is 7.40. The summed E-state index contributed by atoms with van der Waals surface area (Å²) in [6.07, 6.45) is -5.91. The van der Waals surface area contributed by atoms with Crippen LogP contribution in [0.4, 0.5) is 14.6 Å². The second-order valence-corrected chi connectivity index (χ2v) is 11.4. The van der Waals surface area contributed by atoms with Crippen molar-refractivity contribution in [3.8, 4) is 5.75 Å². The summed E-state index contributed by atoms with van der Waals surface area (Å²) in [7, 11) is 0. The molecule has 2 aromatic rings. The fourth-order valence-electron chi connectivity index (χ4n) is 3.19. The van der Waals surface area contributed by atoms with Crippen LogP contribution in [0.25, 0.3) is 0 Å². The molecule has 6 atom stereocenters. The van der Waals surface area contributed by atoms with Crippen molar-refractivity contribution in [2.45, 2.75) is 57.3 Å². The molecule has 11 nitrogen and oxygen atoms in total. The van der Waals surface area contributed by atoms with E-state index in [1.165, 1.54) is 13.0 Å². The molecule has 1 aromatic carbocycles. The van der Waals surface area contributed by atoms with Crippen molar-refractivity contribution < 1.29 is 37.2 Å². The number of hydrogen-bond acceptors (Lipinski definition) is 10. The Balaban J connectivity index is 1.81. The Bertz CT molecular complexity index is 1170. The first-order valence-corrected chi connectivity index (χ1v) is 13.5. The maximum atomic E-state index is 15.6. The topological polar surface area (TPSA) is 147 Å². The molecule has 0 spiro atoms. The van der Waals surface area contributed by atoms with Crippen molar-refractivity contribution >= 4 is 30.2 Å². The first kappa shape index (κ1) is 28.1. The van der Waals surface area contributed by atoms with Crippen LogP contribution >= 0.6 is 6.64 Å². The van der Waals surface area contributed by atoms with Gasteiger partial charge in [-0.25, -0.2) is 18.7 Å². The first-order chi connectivity index (χ1) is 16.8. The van der Waals surface area contributed by atoms with E-state index in [4.69, 9.17) is 36.1 Å². The molecule has 1 aliphatic heterocycles. The third kappa shape index (κ3) is 6.64. The predicted molar refractivity (Wildman–Crippen MR) is 129 cm³/mol. The van der Waals surface area contributed by atoms with Gasteiger partial charge in [0.2, 0.25) is 0 Å². The molecule has 2 heterocycles. The van der Waals surface area contributed by atoms with Crippen molar-refractivity contribution in [1.82, 2.24) is 14.6 Å². The fourth-order valence-corrected chi connectivity index (χ4v) is 5.58. The number of hydrogen-bond donors (Lipinski definition) is 3. The van der Waals surface area contributed by atoms with E-state index in [2.05, 4.69) is 10.1 Å². The molecule has 4 N–H and O–H groups in total. The van der Waals surface area contributed by atoms with Crippen LogP contribution in [0.5, 0.6) is 5.75 Å². The van der Waals surface area contributed by atoms with Gasteiger partial charge in [0.05, 0.1) is 6.10 Å². The number of nitrogen functional groups attached to an aromatic ring is 1. The normalized spacial score (nSPS) is 26.4. The zero-order chi connectivity index (χ0) is 26.7. The lowest BCUT2D eigenvalue weighted by Crippen LogP contribution is -2.43. The van der Waals surface area contributed by atoms with Crippen LogP contribution in [0, 0.1) is 0 Å². The average Bonchev–Trinajstić information content (AvgIpc) is 3.02. The highest BCUT2D eigenvalue weighted by molar-refractivity contribution is 8.09. The monoisotopic (exact) mass is 548 g/mol. The second-order valence-electron chi connectivity index (χ2n) is 8.24. The molecule has 1 fully saturated rings. The summed E-state index contributed by atoms with van der Waals surface area (Å²) in [6.45, 7) is -0.0325. The summed E-state index contributed by atoms with van der Waals surface area (Å²) in [6, 6.07) is 8.32. The highest BCUT2D eigenvalue weighted by Crippen LogP contribution is 2.48. The van der Waals surface area contributed by atoms with E-state index >= 15 is 4.39 Å². The number of aliphatic hydroxyl groups excluding tert-OH is 1. The summed E-state index contributed by atoms with van der Waals surface area (Å²) >= 11 is 5.47. The molecule has 0 radical (unpaired) electrons. The van der Waals surface area contributed by atoms with Gasteiger partial charge in [-0.2, -0.15) is 4.98 Å². The number of nitrogens with one attached hydrogen (secondary N) is 1. The van der Waals surface area contributed by atoms with Crippen molar-refractivity contribution in [3.63, 3.8) is 0 Å². The summed E-state index contributed by atoms with van der Waals surface area (Å²) in [4.78, 5) is 27.8. The van der Waals surface area contributed by atoms with Gasteiger partial charge in [0.15, 0.2) is 18.5 Å². The van der Waals surface area contributed by atoms with Crippen molar-refractivity contribution in [1.29, 1.82) is 0 Å². The number of carbonyl (C=O) groups is 1. The Morgan fingerprint density at radius 1 is 1.36 bits per heavy atom. The number of halogens is 2. The largest absolute Gasteiger partial charge is 0.462 e. The number of aromatic nitrogens is 2. The lowest BCUT2D eigenvalue weighted by atomic mass is 10.1. The molecular formula is C21H27F2N4O7PS. The van der Waals surface area contributed by atoms with Gasteiger partial charge in [-0.3, -0.25) is 9.36 Å². The van der Waals surface area contributed by atoms with Crippen LogP contribution in [-0.2, 0) is 30.6 Å². The molecule has 15 heteroatoms. The minimum absolute atomic E-state index is 0.130. The first-order valence-electron chi connectivity index (χ1n) is 10.8. The fraction of sp³-hybridized carbons (Fsp3) is 0.476. The minimum atomic E-state index is -3.71. The van der Waals surface area contributed by atoms with Gasteiger partial charge < -0.3 is 29.4 Å². The number of ether oxygens (including phenoxy) is 2. The molecule has 0 amide bonds. The lowest BCUT2D eigenvalue weighted by molar-refractivity contribution is -0.203. The Hall–Kier alpha value is -2.48. The molecular weight excluding hydrogens is 521 g/mol. The van der Waals surface area contributed by atoms with E-state index in [0.717, 1.165) is 6.20 Å². The molecule has 0 bridgehead atoms. The number of para-hydroxylation sites is 1. The summed E-state index contributed by atoms with van der Waals surface area (Å²) in [5.74, 6) is -3.67. The molecule has 198 valence electrons. The molecule has 1 aliphatic rings. The zero-order valence-corrected chi connectivity index (χ0v) is 21.3. The van der Waals surface area contributed by atoms with Gasteiger partial charge in [-0.1, -0.05) is 18.2 Å². The molecule has 0 aliphatic carbocycles. The van der Waals surface area contributed by atoms with Crippen LogP contribution in [0.2, 0.25) is 0 Å². The number of anilines is 1. The number of rotatable bonds is 10. The quantitative estimate of drug-likeness (QED) is 0.296. The van der Waals surface area contributed by atoms with E-state index in [-0.39, 0.29) is 11.6 Å². The number of esters is 1. The van der Waals surface area contributed by atoms with Crippen LogP contribution in [0.15, 0.2) is 47.4 Å². The number of nitrogens with zero attached hydrogens (tertiary/aromatic N) is 2. The van der Waals surface area contributed by atoms with Crippen molar-refractivity contribution in [2.75, 3.05) is 12.3 Å². The highest BCUT2D eigenvalue weighted by atomic mass is 32.5. The molecule has 6 unspecified atom stereocenters. The number of nitrogens with two attached hydrogens (primary N) is 1. The standard InChI is InChI=1S/C21H27F2N4O7PS/c1-12(2)32-19(29)13(3)26-35(36,34-14-7-5-4-6-8-14)31-11-21(23)17(28)16(22)18(33-21)27-10-9-15(24)25-20(27)30/h4-10,12-13,16-18,28H,11H2,1-3H3,(H,26,36)(H2,24,25,30). The van der Waals surface area contributed by atoms with Crippen LogP contribution in [-0.4, -0.2) is 57.5 Å². The van der Waals surface area contributed by atoms with Crippen LogP contribution < -0.4 is 21.0 Å². The highest BCUT2D eigenvalue weighted by Gasteiger charge is 2.58. The Labute approximate surface area is 210 Å². The Morgan fingerprint density at radius 2 is 2.03 bits per heavy atom. The maximum absolute atomic E-state index is 15.6. The van der Waals surface area contributed by atoms with E-state index < -0.39 is 61.4 Å². The van der Waals surface area contributed by atoms with Crippen LogP contribution in [0.3, 0.4) is 0 Å². The number of carbonyl (C=O) groups excluding carboxylic acids is 1. The van der Waals surface area contributed by atoms with Gasteiger partial charge in [-0.05, 0) is 50.8 Å². The second kappa shape index (κ2) is 11.3. The molecule has 1 aromatic heterocycles. The summed E-state index contributed by atoms with van der Waals surface area (Å²) in [5, 5.41) is 13.0. The van der Waals surface area contributed by atoms with E-state index in [1.54, 1.807) is 44.2 Å². The average molecular weight is 549 g/mol. The summed E-state index contributed by atoms with van der Waals surface area (Å²) in [5.41, 5.74) is 4.42. The van der Waals surface area contributed by atoms with Gasteiger partial charge >= 0.3 is 18.3 Å². The number of aliphatic hydroxyl groups is 1. The molecule has 1 saturated heterocycles. The maximum Gasteiger partial charge on any atom is 0.351 e. The Morgan fingerprint density at radius 3 is 2.64 bits per heavy atom. The third-order valence-electron chi connectivity index (χ3n) is 4.92. The molecule has 3 rings (SSSR count). The number of alkyl halides is 2. The molecule has 0 saturated carbocycles.